The predicted octanol–water partition coefficient (Wildman–Crippen LogP) is 2.49. The van der Waals surface area contributed by atoms with Gasteiger partial charge in [0.15, 0.2) is 11.5 Å². The number of tetrazole rings is 1. The zero-order chi connectivity index (χ0) is 23.5. The van der Waals surface area contributed by atoms with E-state index >= 15 is 0 Å². The van der Waals surface area contributed by atoms with E-state index in [-0.39, 0.29) is 16.1 Å². The van der Waals surface area contributed by atoms with Crippen LogP contribution in [0.3, 0.4) is 0 Å². The molecule has 1 aliphatic rings. The molecule has 0 bridgehead atoms. The lowest BCUT2D eigenvalue weighted by Crippen LogP contribution is -2.19. The molecule has 1 aliphatic heterocycles. The van der Waals surface area contributed by atoms with E-state index in [1.807, 2.05) is 0 Å². The summed E-state index contributed by atoms with van der Waals surface area (Å²) >= 11 is 0. The molecule has 5 rings (SSSR count). The number of nitrogens with zero attached hydrogens (tertiary/aromatic N) is 4. The predicted molar refractivity (Wildman–Crippen MR) is 122 cm³/mol. The molecular weight excluding hydrogens is 460 g/mol. The molecule has 34 heavy (non-hydrogen) atoms. The fourth-order valence-electron chi connectivity index (χ4n) is 3.37. The molecule has 0 unspecified atom stereocenters. The van der Waals surface area contributed by atoms with Crippen LogP contribution in [0, 0.1) is 0 Å². The van der Waals surface area contributed by atoms with E-state index in [4.69, 9.17) is 9.47 Å². The number of carbonyl (C=O) groups is 1. The maximum absolute atomic E-state index is 13.1. The molecule has 172 valence electrons. The number of anilines is 2. The summed E-state index contributed by atoms with van der Waals surface area (Å²) in [6, 6.07) is 17.5. The van der Waals surface area contributed by atoms with Gasteiger partial charge in [-0.15, -0.1) is 5.10 Å². The topological polar surface area (TPSA) is 137 Å². The highest BCUT2D eigenvalue weighted by molar-refractivity contribution is 7.92. The average Bonchev–Trinajstić information content (AvgIpc) is 3.39. The first-order valence-corrected chi connectivity index (χ1v) is 11.6. The average molecular weight is 478 g/mol. The Balaban J connectivity index is 1.39. The SMILES string of the molecule is O=C(Nc1ccc2c(c1)OCCO2)c1ccccc1NS(=O)(=O)c1cccc(-n2cnnn2)c1. The number of sulfonamides is 1. The molecule has 0 aliphatic carbocycles. The molecule has 1 amide bonds. The smallest absolute Gasteiger partial charge is 0.261 e. The number of hydrogen-bond acceptors (Lipinski definition) is 8. The van der Waals surface area contributed by atoms with Crippen LogP contribution < -0.4 is 19.5 Å². The van der Waals surface area contributed by atoms with Crippen LogP contribution in [0.4, 0.5) is 11.4 Å². The first-order chi connectivity index (χ1) is 16.5. The molecule has 11 nitrogen and oxygen atoms in total. The fraction of sp³-hybridized carbons (Fsp3) is 0.0909. The number of nitrogens with one attached hydrogen (secondary N) is 2. The fourth-order valence-corrected chi connectivity index (χ4v) is 4.49. The van der Waals surface area contributed by atoms with Crippen molar-refractivity contribution in [2.24, 2.45) is 0 Å². The van der Waals surface area contributed by atoms with E-state index in [9.17, 15) is 13.2 Å². The lowest BCUT2D eigenvalue weighted by molar-refractivity contribution is 0.102. The summed E-state index contributed by atoms with van der Waals surface area (Å²) in [4.78, 5) is 13.0. The first kappa shape index (κ1) is 21.4. The Morgan fingerprint density at radius 1 is 0.941 bits per heavy atom. The van der Waals surface area contributed by atoms with Gasteiger partial charge in [0.2, 0.25) is 0 Å². The first-order valence-electron chi connectivity index (χ1n) is 10.2. The van der Waals surface area contributed by atoms with Gasteiger partial charge in [-0.2, -0.15) is 0 Å². The van der Waals surface area contributed by atoms with Crippen molar-refractivity contribution in [3.8, 4) is 17.2 Å². The monoisotopic (exact) mass is 478 g/mol. The number of aromatic nitrogens is 4. The molecule has 0 radical (unpaired) electrons. The molecule has 4 aromatic rings. The number of carbonyl (C=O) groups excluding carboxylic acids is 1. The number of amides is 1. The van der Waals surface area contributed by atoms with Crippen LogP contribution in [-0.4, -0.2) is 47.7 Å². The van der Waals surface area contributed by atoms with Gasteiger partial charge >= 0.3 is 0 Å². The van der Waals surface area contributed by atoms with Gasteiger partial charge in [-0.25, -0.2) is 13.1 Å². The van der Waals surface area contributed by atoms with E-state index in [0.29, 0.717) is 36.1 Å². The van der Waals surface area contributed by atoms with E-state index < -0.39 is 15.9 Å². The molecule has 1 aromatic heterocycles. The van der Waals surface area contributed by atoms with Gasteiger partial charge in [0.1, 0.15) is 19.5 Å². The maximum atomic E-state index is 13.1. The van der Waals surface area contributed by atoms with Crippen LogP contribution in [0.15, 0.2) is 78.0 Å². The minimum atomic E-state index is -4.02. The number of benzene rings is 3. The normalized spacial score (nSPS) is 12.7. The van der Waals surface area contributed by atoms with Crippen LogP contribution in [-0.2, 0) is 10.0 Å². The molecule has 12 heteroatoms. The highest BCUT2D eigenvalue weighted by Gasteiger charge is 2.20. The van der Waals surface area contributed by atoms with Crippen molar-refractivity contribution in [1.82, 2.24) is 20.2 Å². The quantitative estimate of drug-likeness (QED) is 0.431. The van der Waals surface area contributed by atoms with Gasteiger partial charge in [-0.3, -0.25) is 9.52 Å². The third-order valence-corrected chi connectivity index (χ3v) is 6.32. The summed E-state index contributed by atoms with van der Waals surface area (Å²) in [5, 5.41) is 13.6. The van der Waals surface area contributed by atoms with E-state index in [2.05, 4.69) is 25.6 Å². The third kappa shape index (κ3) is 4.38. The molecule has 0 atom stereocenters. The van der Waals surface area contributed by atoms with Gasteiger partial charge in [-0.05, 0) is 52.9 Å². The largest absolute Gasteiger partial charge is 0.486 e. The Kier molecular flexibility index (Phi) is 5.55. The second-order valence-corrected chi connectivity index (χ2v) is 8.90. The molecule has 0 fully saturated rings. The number of para-hydroxylation sites is 1. The van der Waals surface area contributed by atoms with Crippen molar-refractivity contribution in [3.63, 3.8) is 0 Å². The summed E-state index contributed by atoms with van der Waals surface area (Å²) in [5.74, 6) is 0.638. The van der Waals surface area contributed by atoms with Crippen molar-refractivity contribution >= 4 is 27.3 Å². The lowest BCUT2D eigenvalue weighted by Gasteiger charge is -2.19. The van der Waals surface area contributed by atoms with Gasteiger partial charge in [0.05, 0.1) is 21.8 Å². The zero-order valence-corrected chi connectivity index (χ0v) is 18.4. The zero-order valence-electron chi connectivity index (χ0n) is 17.6. The molecule has 3 aromatic carbocycles. The van der Waals surface area contributed by atoms with Crippen LogP contribution in [0.25, 0.3) is 5.69 Å². The number of rotatable bonds is 6. The molecule has 0 spiro atoms. The summed E-state index contributed by atoms with van der Waals surface area (Å²) in [5.41, 5.74) is 1.24. The van der Waals surface area contributed by atoms with E-state index in [1.54, 1.807) is 42.5 Å². The maximum Gasteiger partial charge on any atom is 0.261 e. The van der Waals surface area contributed by atoms with Crippen molar-refractivity contribution in [2.45, 2.75) is 4.90 Å². The second-order valence-electron chi connectivity index (χ2n) is 7.22. The van der Waals surface area contributed by atoms with Gasteiger partial charge in [-0.1, -0.05) is 18.2 Å². The minimum Gasteiger partial charge on any atom is -0.486 e. The van der Waals surface area contributed by atoms with Gasteiger partial charge < -0.3 is 14.8 Å². The van der Waals surface area contributed by atoms with Crippen molar-refractivity contribution < 1.29 is 22.7 Å². The van der Waals surface area contributed by atoms with Crippen molar-refractivity contribution in [2.75, 3.05) is 23.3 Å². The van der Waals surface area contributed by atoms with E-state index in [0.717, 1.165) is 0 Å². The van der Waals surface area contributed by atoms with Crippen LogP contribution in [0.5, 0.6) is 11.5 Å². The summed E-state index contributed by atoms with van der Waals surface area (Å²) in [6.45, 7) is 0.883. The highest BCUT2D eigenvalue weighted by Crippen LogP contribution is 2.33. The van der Waals surface area contributed by atoms with E-state index in [1.165, 1.54) is 35.3 Å². The summed E-state index contributed by atoms with van der Waals surface area (Å²) < 4.78 is 41.0. The van der Waals surface area contributed by atoms with Crippen LogP contribution in [0.2, 0.25) is 0 Å². The highest BCUT2D eigenvalue weighted by atomic mass is 32.2. The Morgan fingerprint density at radius 3 is 2.59 bits per heavy atom. The van der Waals surface area contributed by atoms with Crippen LogP contribution >= 0.6 is 0 Å². The van der Waals surface area contributed by atoms with Crippen molar-refractivity contribution in [3.05, 3.63) is 78.6 Å². The molecule has 0 saturated carbocycles. The van der Waals surface area contributed by atoms with Crippen molar-refractivity contribution in [1.29, 1.82) is 0 Å². The Bertz CT molecular complexity index is 1460. The van der Waals surface area contributed by atoms with Gasteiger partial charge in [0.25, 0.3) is 15.9 Å². The number of fused-ring (bicyclic) bond motifs is 1. The minimum absolute atomic E-state index is 0.0115. The standard InChI is InChI=1S/C22H18N6O5S/c29-22(24-15-8-9-20-21(12-15)33-11-10-32-20)18-6-1-2-7-19(18)25-34(30,31)17-5-3-4-16(13-17)28-14-23-26-27-28/h1-9,12-14,25H,10-11H2,(H,24,29). The summed E-state index contributed by atoms with van der Waals surface area (Å²) in [7, 11) is -4.02. The lowest BCUT2D eigenvalue weighted by atomic mass is 10.1. The Labute approximate surface area is 194 Å². The second kappa shape index (κ2) is 8.83. The number of hydrogen-bond donors (Lipinski definition) is 2. The Hall–Kier alpha value is -4.45. The Morgan fingerprint density at radius 2 is 1.76 bits per heavy atom. The molecule has 2 heterocycles. The van der Waals surface area contributed by atoms with Crippen LogP contribution in [0.1, 0.15) is 10.4 Å². The number of ether oxygens (including phenoxy) is 2. The molecule has 0 saturated heterocycles. The summed E-state index contributed by atoms with van der Waals surface area (Å²) in [6.07, 6.45) is 1.36. The third-order valence-electron chi connectivity index (χ3n) is 4.96. The molecular formula is C22H18N6O5S. The molecule has 2 N–H and O–H groups in total. The van der Waals surface area contributed by atoms with Gasteiger partial charge in [0, 0.05) is 11.8 Å².